The molecule has 6 heteroatoms. The van der Waals surface area contributed by atoms with Crippen molar-refractivity contribution in [2.75, 3.05) is 7.05 Å². The third-order valence-electron chi connectivity index (χ3n) is 5.01. The molecule has 2 rings (SSSR count). The molecule has 1 amide bonds. The summed E-state index contributed by atoms with van der Waals surface area (Å²) < 4.78 is 7.06. The maximum absolute atomic E-state index is 12.2. The van der Waals surface area contributed by atoms with Gasteiger partial charge in [-0.3, -0.25) is 14.6 Å². The van der Waals surface area contributed by atoms with Crippen LogP contribution in [0, 0.1) is 5.92 Å². The lowest BCUT2D eigenvalue weighted by Gasteiger charge is -2.28. The first-order valence-corrected chi connectivity index (χ1v) is 9.43. The highest BCUT2D eigenvalue weighted by Gasteiger charge is 2.25. The van der Waals surface area contributed by atoms with Crippen molar-refractivity contribution in [3.63, 3.8) is 0 Å². The topological polar surface area (TPSA) is 67.3 Å². The van der Waals surface area contributed by atoms with Crippen molar-refractivity contribution in [1.29, 1.82) is 0 Å². The molecule has 1 aliphatic carbocycles. The fourth-order valence-corrected chi connectivity index (χ4v) is 3.32. The smallest absolute Gasteiger partial charge is 0.410 e. The molecule has 142 valence electrons. The van der Waals surface area contributed by atoms with Crippen LogP contribution in [0.2, 0.25) is 0 Å². The number of nitrogens with zero attached hydrogens (tertiary/aromatic N) is 2. The second-order valence-corrected chi connectivity index (χ2v) is 8.26. The number of aromatic nitrogens is 2. The number of hydrogen-bond acceptors (Lipinski definition) is 3. The van der Waals surface area contributed by atoms with Crippen LogP contribution in [0.3, 0.4) is 0 Å². The minimum Gasteiger partial charge on any atom is -0.444 e. The molecule has 0 spiro atoms. The van der Waals surface area contributed by atoms with Gasteiger partial charge in [0.25, 0.3) is 5.56 Å². The predicted octanol–water partition coefficient (Wildman–Crippen LogP) is 4.07. The van der Waals surface area contributed by atoms with E-state index in [1.165, 1.54) is 37.0 Å². The average Bonchev–Trinajstić information content (AvgIpc) is 2.92. The van der Waals surface area contributed by atoms with Gasteiger partial charge in [-0.25, -0.2) is 4.79 Å². The summed E-state index contributed by atoms with van der Waals surface area (Å²) >= 11 is 0. The summed E-state index contributed by atoms with van der Waals surface area (Å²) in [7, 11) is 1.69. The number of aromatic amines is 1. The second kappa shape index (κ2) is 8.11. The maximum atomic E-state index is 12.2. The lowest BCUT2D eigenvalue weighted by atomic mass is 9.87. The highest BCUT2D eigenvalue weighted by molar-refractivity contribution is 5.68. The standard InChI is InChI=1S/C19H33N3O3/c1-14(21(5)18(24)25-19(2,3)4)16-13-17(23)22(20-16)12-11-15-9-7-6-8-10-15/h13-15,20H,6-12H2,1-5H3. The van der Waals surface area contributed by atoms with Gasteiger partial charge in [-0.1, -0.05) is 32.1 Å². The van der Waals surface area contributed by atoms with Crippen molar-refractivity contribution in [2.24, 2.45) is 5.92 Å². The first-order chi connectivity index (χ1) is 11.7. The Morgan fingerprint density at radius 3 is 2.60 bits per heavy atom. The van der Waals surface area contributed by atoms with Crippen LogP contribution in [0.5, 0.6) is 0 Å². The SMILES string of the molecule is CC(c1cc(=O)n(CCC2CCCCC2)[nH]1)N(C)C(=O)OC(C)(C)C. The Balaban J connectivity index is 1.97. The molecule has 1 aromatic rings. The van der Waals surface area contributed by atoms with E-state index < -0.39 is 11.7 Å². The zero-order valence-electron chi connectivity index (χ0n) is 16.3. The van der Waals surface area contributed by atoms with Gasteiger partial charge in [0.05, 0.1) is 11.7 Å². The number of aryl methyl sites for hydroxylation is 1. The predicted molar refractivity (Wildman–Crippen MR) is 98.7 cm³/mol. The summed E-state index contributed by atoms with van der Waals surface area (Å²) in [6, 6.07) is 1.34. The van der Waals surface area contributed by atoms with Crippen LogP contribution in [-0.2, 0) is 11.3 Å². The molecule has 1 saturated carbocycles. The molecule has 1 unspecified atom stereocenters. The molecule has 0 aromatic carbocycles. The lowest BCUT2D eigenvalue weighted by molar-refractivity contribution is 0.0230. The summed E-state index contributed by atoms with van der Waals surface area (Å²) in [5.41, 5.74) is 0.168. The van der Waals surface area contributed by atoms with Crippen LogP contribution in [0.1, 0.15) is 78.0 Å². The van der Waals surface area contributed by atoms with E-state index in [1.54, 1.807) is 17.8 Å². The Morgan fingerprint density at radius 1 is 1.36 bits per heavy atom. The Labute approximate surface area is 150 Å². The number of nitrogens with one attached hydrogen (secondary N) is 1. The molecule has 1 heterocycles. The summed E-state index contributed by atoms with van der Waals surface area (Å²) in [4.78, 5) is 26.0. The van der Waals surface area contributed by atoms with E-state index in [2.05, 4.69) is 5.10 Å². The average molecular weight is 351 g/mol. The number of carbonyl (C=O) groups is 1. The van der Waals surface area contributed by atoms with E-state index in [9.17, 15) is 9.59 Å². The molecular weight excluding hydrogens is 318 g/mol. The number of amides is 1. The minimum absolute atomic E-state index is 0.0322. The van der Waals surface area contributed by atoms with Gasteiger partial charge in [0.1, 0.15) is 5.60 Å². The molecule has 1 fully saturated rings. The molecule has 0 radical (unpaired) electrons. The normalized spacial score (nSPS) is 17.3. The number of carbonyl (C=O) groups excluding carboxylic acids is 1. The second-order valence-electron chi connectivity index (χ2n) is 8.26. The van der Waals surface area contributed by atoms with Gasteiger partial charge in [0.2, 0.25) is 0 Å². The van der Waals surface area contributed by atoms with Gasteiger partial charge >= 0.3 is 6.09 Å². The molecule has 0 saturated heterocycles. The Morgan fingerprint density at radius 2 is 2.00 bits per heavy atom. The third-order valence-corrected chi connectivity index (χ3v) is 5.01. The van der Waals surface area contributed by atoms with E-state index in [0.717, 1.165) is 18.0 Å². The Kier molecular flexibility index (Phi) is 6.36. The van der Waals surface area contributed by atoms with Crippen molar-refractivity contribution in [2.45, 2.75) is 84.4 Å². The highest BCUT2D eigenvalue weighted by atomic mass is 16.6. The number of H-pyrrole nitrogens is 1. The summed E-state index contributed by atoms with van der Waals surface area (Å²) in [5, 5.41) is 3.17. The molecule has 1 aromatic heterocycles. The number of hydrogen-bond donors (Lipinski definition) is 1. The zero-order valence-corrected chi connectivity index (χ0v) is 16.3. The van der Waals surface area contributed by atoms with Crippen molar-refractivity contribution >= 4 is 6.09 Å². The largest absolute Gasteiger partial charge is 0.444 e. The van der Waals surface area contributed by atoms with E-state index in [1.807, 2.05) is 27.7 Å². The van der Waals surface area contributed by atoms with Crippen molar-refractivity contribution in [3.05, 3.63) is 22.1 Å². The molecule has 6 nitrogen and oxygen atoms in total. The first kappa shape index (κ1) is 19.6. The van der Waals surface area contributed by atoms with Crippen molar-refractivity contribution < 1.29 is 9.53 Å². The quantitative estimate of drug-likeness (QED) is 0.869. The highest BCUT2D eigenvalue weighted by Crippen LogP contribution is 2.26. The van der Waals surface area contributed by atoms with Gasteiger partial charge in [0, 0.05) is 19.7 Å². The van der Waals surface area contributed by atoms with Crippen LogP contribution in [0.15, 0.2) is 10.9 Å². The third kappa shape index (κ3) is 5.65. The van der Waals surface area contributed by atoms with E-state index in [4.69, 9.17) is 4.74 Å². The molecule has 1 N–H and O–H groups in total. The fraction of sp³-hybridized carbons (Fsp3) is 0.789. The molecule has 0 bridgehead atoms. The molecule has 0 aliphatic heterocycles. The van der Waals surface area contributed by atoms with Crippen molar-refractivity contribution in [3.8, 4) is 0 Å². The minimum atomic E-state index is -0.537. The Hall–Kier alpha value is -1.72. The first-order valence-electron chi connectivity index (χ1n) is 9.43. The lowest BCUT2D eigenvalue weighted by Crippen LogP contribution is -2.35. The fourth-order valence-electron chi connectivity index (χ4n) is 3.32. The number of rotatable bonds is 5. The van der Waals surface area contributed by atoms with Crippen LogP contribution in [0.25, 0.3) is 0 Å². The van der Waals surface area contributed by atoms with Gasteiger partial charge in [0.15, 0.2) is 0 Å². The van der Waals surface area contributed by atoms with Crippen molar-refractivity contribution in [1.82, 2.24) is 14.7 Å². The zero-order chi connectivity index (χ0) is 18.6. The summed E-state index contributed by atoms with van der Waals surface area (Å²) in [6.07, 6.45) is 7.17. The number of ether oxygens (including phenoxy) is 1. The molecule has 1 atom stereocenters. The van der Waals surface area contributed by atoms with E-state index in [0.29, 0.717) is 6.54 Å². The van der Waals surface area contributed by atoms with Crippen LogP contribution in [0.4, 0.5) is 4.79 Å². The Bertz CT molecular complexity index is 621. The summed E-state index contributed by atoms with van der Waals surface area (Å²) in [5.74, 6) is 0.731. The molecule has 1 aliphatic rings. The van der Waals surface area contributed by atoms with Crippen LogP contribution < -0.4 is 5.56 Å². The maximum Gasteiger partial charge on any atom is 0.410 e. The van der Waals surface area contributed by atoms with Gasteiger partial charge in [-0.15, -0.1) is 0 Å². The van der Waals surface area contributed by atoms with Gasteiger partial charge in [-0.05, 0) is 40.0 Å². The summed E-state index contributed by atoms with van der Waals surface area (Å²) in [6.45, 7) is 8.13. The van der Waals surface area contributed by atoms with E-state index in [-0.39, 0.29) is 11.6 Å². The molecule has 25 heavy (non-hydrogen) atoms. The van der Waals surface area contributed by atoms with Gasteiger partial charge < -0.3 is 9.64 Å². The van der Waals surface area contributed by atoms with Gasteiger partial charge in [-0.2, -0.15) is 0 Å². The van der Waals surface area contributed by atoms with Crippen LogP contribution in [-0.4, -0.2) is 33.4 Å². The monoisotopic (exact) mass is 351 g/mol. The van der Waals surface area contributed by atoms with E-state index >= 15 is 0 Å². The van der Waals surface area contributed by atoms with Crippen LogP contribution >= 0.6 is 0 Å². The molecular formula is C19H33N3O3.